The Balaban J connectivity index is 2.04. The van der Waals surface area contributed by atoms with Crippen LogP contribution in [0.25, 0.3) is 0 Å². The Labute approximate surface area is 104 Å². The van der Waals surface area contributed by atoms with Crippen LogP contribution in [0.2, 0.25) is 5.02 Å². The third-order valence-corrected chi connectivity index (χ3v) is 2.50. The molecular formula is C12H12ClN3O. The quantitative estimate of drug-likeness (QED) is 0.902. The van der Waals surface area contributed by atoms with E-state index in [1.54, 1.807) is 30.6 Å². The van der Waals surface area contributed by atoms with Crippen LogP contribution in [-0.4, -0.2) is 9.97 Å². The molecular weight excluding hydrogens is 238 g/mol. The standard InChI is InChI=1S/C12H12ClN3O/c13-10-6-9(7-14)2-3-11(10)17-8-12-15-4-1-5-16-12/h1-6H,7-8,14H2. The van der Waals surface area contributed by atoms with Gasteiger partial charge in [-0.15, -0.1) is 0 Å². The van der Waals surface area contributed by atoms with E-state index in [9.17, 15) is 0 Å². The van der Waals surface area contributed by atoms with Gasteiger partial charge in [-0.25, -0.2) is 9.97 Å². The molecule has 4 nitrogen and oxygen atoms in total. The van der Waals surface area contributed by atoms with Crippen LogP contribution in [0.15, 0.2) is 36.7 Å². The Morgan fingerprint density at radius 2 is 2.00 bits per heavy atom. The van der Waals surface area contributed by atoms with Gasteiger partial charge in [0.2, 0.25) is 0 Å². The number of aromatic nitrogens is 2. The van der Waals surface area contributed by atoms with Crippen molar-refractivity contribution in [2.24, 2.45) is 5.73 Å². The van der Waals surface area contributed by atoms with E-state index in [2.05, 4.69) is 9.97 Å². The predicted molar refractivity (Wildman–Crippen MR) is 65.7 cm³/mol. The van der Waals surface area contributed by atoms with Crippen LogP contribution in [-0.2, 0) is 13.2 Å². The van der Waals surface area contributed by atoms with Crippen LogP contribution in [0.3, 0.4) is 0 Å². The Bertz CT molecular complexity index is 490. The highest BCUT2D eigenvalue weighted by molar-refractivity contribution is 6.32. The second-order valence-corrected chi connectivity index (χ2v) is 3.83. The van der Waals surface area contributed by atoms with E-state index in [1.807, 2.05) is 6.07 Å². The van der Waals surface area contributed by atoms with E-state index in [0.29, 0.717) is 29.7 Å². The second-order valence-electron chi connectivity index (χ2n) is 3.42. The molecule has 1 aromatic heterocycles. The zero-order chi connectivity index (χ0) is 12.1. The van der Waals surface area contributed by atoms with Crippen LogP contribution < -0.4 is 10.5 Å². The molecule has 0 spiro atoms. The molecule has 2 rings (SSSR count). The third-order valence-electron chi connectivity index (χ3n) is 2.21. The molecule has 2 aromatic rings. The van der Waals surface area contributed by atoms with Crippen LogP contribution in [0.1, 0.15) is 11.4 Å². The van der Waals surface area contributed by atoms with E-state index in [-0.39, 0.29) is 0 Å². The number of nitrogens with two attached hydrogens (primary N) is 1. The van der Waals surface area contributed by atoms with Crippen molar-refractivity contribution >= 4 is 11.6 Å². The van der Waals surface area contributed by atoms with Gasteiger partial charge < -0.3 is 10.5 Å². The fraction of sp³-hybridized carbons (Fsp3) is 0.167. The van der Waals surface area contributed by atoms with Gasteiger partial charge in [-0.2, -0.15) is 0 Å². The number of hydrogen-bond donors (Lipinski definition) is 1. The van der Waals surface area contributed by atoms with Crippen molar-refractivity contribution in [3.63, 3.8) is 0 Å². The van der Waals surface area contributed by atoms with Crippen molar-refractivity contribution in [3.05, 3.63) is 53.1 Å². The zero-order valence-electron chi connectivity index (χ0n) is 9.14. The summed E-state index contributed by atoms with van der Waals surface area (Å²) in [4.78, 5) is 8.12. The summed E-state index contributed by atoms with van der Waals surface area (Å²) in [6.45, 7) is 0.754. The molecule has 0 aliphatic rings. The molecule has 0 aliphatic heterocycles. The summed E-state index contributed by atoms with van der Waals surface area (Å²) < 4.78 is 5.52. The van der Waals surface area contributed by atoms with Crippen LogP contribution in [0.5, 0.6) is 5.75 Å². The van der Waals surface area contributed by atoms with Crippen molar-refractivity contribution < 1.29 is 4.74 Å². The molecule has 88 valence electrons. The molecule has 0 atom stereocenters. The monoisotopic (exact) mass is 249 g/mol. The molecule has 1 heterocycles. The number of ether oxygens (including phenoxy) is 1. The van der Waals surface area contributed by atoms with Gasteiger partial charge in [0, 0.05) is 18.9 Å². The van der Waals surface area contributed by atoms with Gasteiger partial charge in [0.15, 0.2) is 5.82 Å². The summed E-state index contributed by atoms with van der Waals surface area (Å²) in [5.41, 5.74) is 6.48. The molecule has 0 saturated heterocycles. The molecule has 0 amide bonds. The maximum absolute atomic E-state index is 6.05. The van der Waals surface area contributed by atoms with Gasteiger partial charge in [0.25, 0.3) is 0 Å². The summed E-state index contributed by atoms with van der Waals surface area (Å²) in [6, 6.07) is 7.23. The van der Waals surface area contributed by atoms with E-state index < -0.39 is 0 Å². The topological polar surface area (TPSA) is 61.0 Å². The first-order chi connectivity index (χ1) is 8.29. The molecule has 5 heteroatoms. The van der Waals surface area contributed by atoms with Crippen molar-refractivity contribution in [2.45, 2.75) is 13.2 Å². The van der Waals surface area contributed by atoms with Crippen molar-refractivity contribution in [3.8, 4) is 5.75 Å². The summed E-state index contributed by atoms with van der Waals surface area (Å²) in [5, 5.41) is 0.545. The van der Waals surface area contributed by atoms with Gasteiger partial charge in [-0.05, 0) is 23.8 Å². The fourth-order valence-corrected chi connectivity index (χ4v) is 1.59. The highest BCUT2D eigenvalue weighted by atomic mass is 35.5. The molecule has 0 radical (unpaired) electrons. The second kappa shape index (κ2) is 5.61. The molecule has 1 aromatic carbocycles. The van der Waals surface area contributed by atoms with Crippen molar-refractivity contribution in [1.29, 1.82) is 0 Å². The van der Waals surface area contributed by atoms with E-state index in [4.69, 9.17) is 22.1 Å². The van der Waals surface area contributed by atoms with Gasteiger partial charge in [-0.1, -0.05) is 17.7 Å². The number of nitrogens with zero attached hydrogens (tertiary/aromatic N) is 2. The van der Waals surface area contributed by atoms with E-state index in [1.165, 1.54) is 0 Å². The van der Waals surface area contributed by atoms with Crippen molar-refractivity contribution in [1.82, 2.24) is 9.97 Å². The molecule has 2 N–H and O–H groups in total. The Hall–Kier alpha value is -1.65. The molecule has 0 fully saturated rings. The molecule has 0 unspecified atom stereocenters. The summed E-state index contributed by atoms with van der Waals surface area (Å²) in [6.07, 6.45) is 3.34. The number of halogens is 1. The van der Waals surface area contributed by atoms with Crippen molar-refractivity contribution in [2.75, 3.05) is 0 Å². The summed E-state index contributed by atoms with van der Waals surface area (Å²) in [7, 11) is 0. The van der Waals surface area contributed by atoms with E-state index in [0.717, 1.165) is 5.56 Å². The number of rotatable bonds is 4. The zero-order valence-corrected chi connectivity index (χ0v) is 9.89. The highest BCUT2D eigenvalue weighted by Crippen LogP contribution is 2.25. The normalized spacial score (nSPS) is 10.2. The Morgan fingerprint density at radius 3 is 2.65 bits per heavy atom. The highest BCUT2D eigenvalue weighted by Gasteiger charge is 2.03. The van der Waals surface area contributed by atoms with Crippen LogP contribution in [0.4, 0.5) is 0 Å². The first-order valence-corrected chi connectivity index (χ1v) is 5.54. The van der Waals surface area contributed by atoms with E-state index >= 15 is 0 Å². The lowest BCUT2D eigenvalue weighted by Crippen LogP contribution is -2.01. The first-order valence-electron chi connectivity index (χ1n) is 5.17. The number of benzene rings is 1. The summed E-state index contributed by atoms with van der Waals surface area (Å²) >= 11 is 6.05. The molecule has 0 bridgehead atoms. The average molecular weight is 250 g/mol. The smallest absolute Gasteiger partial charge is 0.166 e. The lowest BCUT2D eigenvalue weighted by molar-refractivity contribution is 0.296. The van der Waals surface area contributed by atoms with Crippen LogP contribution in [0, 0.1) is 0 Å². The largest absolute Gasteiger partial charge is 0.484 e. The summed E-state index contributed by atoms with van der Waals surface area (Å²) in [5.74, 6) is 1.22. The fourth-order valence-electron chi connectivity index (χ4n) is 1.34. The lowest BCUT2D eigenvalue weighted by Gasteiger charge is -2.08. The van der Waals surface area contributed by atoms with Gasteiger partial charge in [0.1, 0.15) is 12.4 Å². The molecule has 0 saturated carbocycles. The Morgan fingerprint density at radius 1 is 1.24 bits per heavy atom. The minimum Gasteiger partial charge on any atom is -0.484 e. The number of hydrogen-bond acceptors (Lipinski definition) is 4. The van der Waals surface area contributed by atoms with Gasteiger partial charge in [-0.3, -0.25) is 0 Å². The lowest BCUT2D eigenvalue weighted by atomic mass is 10.2. The molecule has 17 heavy (non-hydrogen) atoms. The maximum atomic E-state index is 6.05. The average Bonchev–Trinajstić information content (AvgIpc) is 2.38. The minimum atomic E-state index is 0.294. The first kappa shape index (κ1) is 11.8. The van der Waals surface area contributed by atoms with Gasteiger partial charge >= 0.3 is 0 Å². The maximum Gasteiger partial charge on any atom is 0.166 e. The Kier molecular flexibility index (Phi) is 3.90. The predicted octanol–water partition coefficient (Wildman–Crippen LogP) is 2.17. The SMILES string of the molecule is NCc1ccc(OCc2ncccn2)c(Cl)c1. The third kappa shape index (κ3) is 3.15. The molecule has 0 aliphatic carbocycles. The minimum absolute atomic E-state index is 0.294. The van der Waals surface area contributed by atoms with Gasteiger partial charge in [0.05, 0.1) is 5.02 Å². The van der Waals surface area contributed by atoms with Crippen LogP contribution >= 0.6 is 11.6 Å².